The number of hydrogen-bond acceptors (Lipinski definition) is 4. The highest BCUT2D eigenvalue weighted by Crippen LogP contribution is 2.44. The number of hydrogen-bond donors (Lipinski definition) is 1. The summed E-state index contributed by atoms with van der Waals surface area (Å²) >= 11 is 0. The largest absolute Gasteiger partial charge is 0.310 e. The van der Waals surface area contributed by atoms with Crippen LogP contribution >= 0.6 is 21.6 Å². The van der Waals surface area contributed by atoms with Gasteiger partial charge in [0, 0.05) is 36.7 Å². The van der Waals surface area contributed by atoms with E-state index in [1.54, 1.807) is 0 Å². The number of nitrogens with one attached hydrogen (secondary N) is 1. The Morgan fingerprint density at radius 2 is 1.93 bits per heavy atom. The number of nitrogens with zero attached hydrogens (tertiary/aromatic N) is 1. The van der Waals surface area contributed by atoms with Gasteiger partial charge < -0.3 is 5.32 Å². The summed E-state index contributed by atoms with van der Waals surface area (Å²) in [6.45, 7) is 5.19. The predicted octanol–water partition coefficient (Wildman–Crippen LogP) is 1.44. The van der Waals surface area contributed by atoms with Crippen molar-refractivity contribution in [2.75, 3.05) is 37.7 Å². The summed E-state index contributed by atoms with van der Waals surface area (Å²) in [5, 5.41) is 3.72. The van der Waals surface area contributed by atoms with Gasteiger partial charge in [0.2, 0.25) is 0 Å². The summed E-state index contributed by atoms with van der Waals surface area (Å²) in [7, 11) is 4.09. The van der Waals surface area contributed by atoms with Gasteiger partial charge in [0.1, 0.15) is 0 Å². The molecule has 3 heterocycles. The zero-order chi connectivity index (χ0) is 9.43. The van der Waals surface area contributed by atoms with Crippen molar-refractivity contribution < 1.29 is 0 Å². The van der Waals surface area contributed by atoms with Crippen molar-refractivity contribution in [2.45, 2.75) is 18.4 Å². The van der Waals surface area contributed by atoms with Crippen LogP contribution in [0.3, 0.4) is 0 Å². The molecule has 1 saturated carbocycles. The molecule has 2 bridgehead atoms. The minimum atomic E-state index is 0.546. The molecule has 3 aliphatic heterocycles. The summed E-state index contributed by atoms with van der Waals surface area (Å²) in [5.74, 6) is 3.64. The summed E-state index contributed by atoms with van der Waals surface area (Å²) in [5.41, 5.74) is 0.546. The fraction of sp³-hybridized carbons (Fsp3) is 1.00. The van der Waals surface area contributed by atoms with Gasteiger partial charge in [0.25, 0.3) is 0 Å². The summed E-state index contributed by atoms with van der Waals surface area (Å²) in [6.07, 6.45) is 2.90. The molecule has 4 rings (SSSR count). The van der Waals surface area contributed by atoms with Crippen molar-refractivity contribution in [2.24, 2.45) is 5.92 Å². The van der Waals surface area contributed by atoms with E-state index in [2.05, 4.69) is 10.2 Å². The lowest BCUT2D eigenvalue weighted by atomic mass is 9.73. The van der Waals surface area contributed by atoms with Crippen LogP contribution in [0.5, 0.6) is 0 Å². The number of fused-ring (bicyclic) bond motifs is 1. The molecule has 0 aromatic carbocycles. The molecule has 0 spiro atoms. The molecular formula is C10H18N2S2. The Morgan fingerprint density at radius 3 is 2.50 bits per heavy atom. The van der Waals surface area contributed by atoms with Crippen LogP contribution < -0.4 is 5.32 Å². The molecule has 0 radical (unpaired) electrons. The fourth-order valence-corrected chi connectivity index (χ4v) is 5.08. The third-order valence-corrected chi connectivity index (χ3v) is 6.08. The second kappa shape index (κ2) is 3.89. The standard InChI is InChI=1S/C10H18N2S2/c1-3-13-14-4-2-12(1)8-10-5-9(6-10)7-11-10/h9,11H,1-8H2. The predicted molar refractivity (Wildman–Crippen MR) is 64.8 cm³/mol. The van der Waals surface area contributed by atoms with E-state index in [0.29, 0.717) is 5.54 Å². The van der Waals surface area contributed by atoms with Crippen LogP contribution in [0.4, 0.5) is 0 Å². The maximum absolute atomic E-state index is 3.72. The van der Waals surface area contributed by atoms with Crippen LogP contribution in [0.1, 0.15) is 12.8 Å². The minimum absolute atomic E-state index is 0.546. The first-order chi connectivity index (χ1) is 6.86. The maximum atomic E-state index is 3.72. The molecule has 0 atom stereocenters. The van der Waals surface area contributed by atoms with Crippen molar-refractivity contribution in [3.8, 4) is 0 Å². The van der Waals surface area contributed by atoms with E-state index in [1.165, 1.54) is 50.5 Å². The van der Waals surface area contributed by atoms with Crippen molar-refractivity contribution in [3.63, 3.8) is 0 Å². The summed E-state index contributed by atoms with van der Waals surface area (Å²) in [4.78, 5) is 2.67. The van der Waals surface area contributed by atoms with Crippen LogP contribution in [0.15, 0.2) is 0 Å². The Kier molecular flexibility index (Phi) is 2.73. The van der Waals surface area contributed by atoms with E-state index in [1.807, 2.05) is 21.6 Å². The molecule has 2 nitrogen and oxygen atoms in total. The quantitative estimate of drug-likeness (QED) is 0.722. The van der Waals surface area contributed by atoms with Gasteiger partial charge in [-0.05, 0) is 25.3 Å². The molecule has 4 heteroatoms. The van der Waals surface area contributed by atoms with Gasteiger partial charge >= 0.3 is 0 Å². The van der Waals surface area contributed by atoms with E-state index in [-0.39, 0.29) is 0 Å². The monoisotopic (exact) mass is 230 g/mol. The van der Waals surface area contributed by atoms with E-state index >= 15 is 0 Å². The van der Waals surface area contributed by atoms with Crippen LogP contribution in [0, 0.1) is 5.92 Å². The summed E-state index contributed by atoms with van der Waals surface area (Å²) in [6, 6.07) is 0. The average molecular weight is 230 g/mol. The maximum Gasteiger partial charge on any atom is 0.0315 e. The Bertz CT molecular complexity index is 203. The first-order valence-electron chi connectivity index (χ1n) is 5.58. The fourth-order valence-electron chi connectivity index (χ4n) is 3.03. The lowest BCUT2D eigenvalue weighted by Gasteiger charge is -2.41. The molecule has 4 aliphatic rings. The minimum Gasteiger partial charge on any atom is -0.310 e. The molecule has 0 aromatic heterocycles. The van der Waals surface area contributed by atoms with Crippen LogP contribution in [0.2, 0.25) is 0 Å². The Labute approximate surface area is 94.0 Å². The van der Waals surface area contributed by atoms with E-state index in [9.17, 15) is 0 Å². The second-order valence-electron chi connectivity index (χ2n) is 4.86. The first kappa shape index (κ1) is 9.82. The molecule has 4 fully saturated rings. The van der Waals surface area contributed by atoms with Crippen LogP contribution in [-0.2, 0) is 0 Å². The van der Waals surface area contributed by atoms with Crippen molar-refractivity contribution >= 4 is 21.6 Å². The SMILES string of the molecule is C1CN(CC23CC(CN2)C3)CCSS1. The van der Waals surface area contributed by atoms with Gasteiger partial charge in [-0.1, -0.05) is 21.6 Å². The highest BCUT2D eigenvalue weighted by molar-refractivity contribution is 8.76. The molecule has 0 unspecified atom stereocenters. The molecule has 0 amide bonds. The van der Waals surface area contributed by atoms with E-state index in [4.69, 9.17) is 0 Å². The molecule has 1 N–H and O–H groups in total. The topological polar surface area (TPSA) is 15.3 Å². The summed E-state index contributed by atoms with van der Waals surface area (Å²) < 4.78 is 0. The highest BCUT2D eigenvalue weighted by Gasteiger charge is 2.50. The molecule has 3 saturated heterocycles. The Balaban J connectivity index is 1.55. The molecule has 80 valence electrons. The zero-order valence-corrected chi connectivity index (χ0v) is 10.1. The number of rotatable bonds is 2. The van der Waals surface area contributed by atoms with Gasteiger partial charge in [0.15, 0.2) is 0 Å². The van der Waals surface area contributed by atoms with Gasteiger partial charge in [-0.3, -0.25) is 4.90 Å². The lowest BCUT2D eigenvalue weighted by molar-refractivity contribution is 0.144. The smallest absolute Gasteiger partial charge is 0.0315 e. The molecular weight excluding hydrogens is 212 g/mol. The normalized spacial score (nSPS) is 43.3. The van der Waals surface area contributed by atoms with Crippen molar-refractivity contribution in [3.05, 3.63) is 0 Å². The molecule has 1 aliphatic carbocycles. The van der Waals surface area contributed by atoms with Gasteiger partial charge in [0.05, 0.1) is 0 Å². The van der Waals surface area contributed by atoms with Crippen LogP contribution in [-0.4, -0.2) is 48.1 Å². The van der Waals surface area contributed by atoms with Gasteiger partial charge in [-0.2, -0.15) is 0 Å². The van der Waals surface area contributed by atoms with Crippen molar-refractivity contribution in [1.82, 2.24) is 10.2 Å². The highest BCUT2D eigenvalue weighted by atomic mass is 33.1. The lowest BCUT2D eigenvalue weighted by Crippen LogP contribution is -2.53. The van der Waals surface area contributed by atoms with Gasteiger partial charge in [-0.25, -0.2) is 0 Å². The first-order valence-corrected chi connectivity index (χ1v) is 8.07. The average Bonchev–Trinajstić information content (AvgIpc) is 2.58. The Hall–Kier alpha value is 0.620. The molecule has 14 heavy (non-hydrogen) atoms. The third kappa shape index (κ3) is 1.82. The Morgan fingerprint density at radius 1 is 1.21 bits per heavy atom. The van der Waals surface area contributed by atoms with Crippen molar-refractivity contribution in [1.29, 1.82) is 0 Å². The van der Waals surface area contributed by atoms with E-state index in [0.717, 1.165) is 5.92 Å². The second-order valence-corrected chi connectivity index (χ2v) is 7.56. The zero-order valence-electron chi connectivity index (χ0n) is 8.50. The van der Waals surface area contributed by atoms with E-state index < -0.39 is 0 Å². The van der Waals surface area contributed by atoms with Gasteiger partial charge in [-0.15, -0.1) is 0 Å². The molecule has 0 aromatic rings. The third-order valence-electron chi connectivity index (χ3n) is 3.72. The van der Waals surface area contributed by atoms with Crippen LogP contribution in [0.25, 0.3) is 0 Å².